The monoisotopic (exact) mass is 447 g/mol. The van der Waals surface area contributed by atoms with Crippen molar-refractivity contribution in [3.8, 4) is 17.3 Å². The molecule has 0 amide bonds. The molecule has 0 radical (unpaired) electrons. The van der Waals surface area contributed by atoms with Gasteiger partial charge in [0.15, 0.2) is 17.0 Å². The fraction of sp³-hybridized carbons (Fsp3) is 0.478. The normalized spacial score (nSPS) is 18.6. The van der Waals surface area contributed by atoms with Crippen LogP contribution < -0.4 is 10.1 Å². The van der Waals surface area contributed by atoms with E-state index >= 15 is 0 Å². The van der Waals surface area contributed by atoms with Crippen molar-refractivity contribution in [1.82, 2.24) is 29.4 Å². The molecule has 0 bridgehead atoms. The molecule has 1 saturated heterocycles. The second-order valence-electron chi connectivity index (χ2n) is 8.72. The van der Waals surface area contributed by atoms with Gasteiger partial charge in [-0.2, -0.15) is 0 Å². The molecule has 10 heteroatoms. The third-order valence-electron chi connectivity index (χ3n) is 6.38. The van der Waals surface area contributed by atoms with Crippen molar-refractivity contribution < 1.29 is 4.74 Å². The number of pyridine rings is 1. The van der Waals surface area contributed by atoms with E-state index in [1.165, 1.54) is 0 Å². The molecule has 1 aliphatic carbocycles. The molecule has 172 valence electrons. The number of hydrogen-bond donors (Lipinski definition) is 3. The smallest absolute Gasteiger partial charge is 0.215 e. The number of amidine groups is 2. The Balaban J connectivity index is 1.46. The van der Waals surface area contributed by atoms with Gasteiger partial charge in [-0.15, -0.1) is 0 Å². The number of likely N-dealkylation sites (tertiary alicyclic amines) is 1. The van der Waals surface area contributed by atoms with Crippen molar-refractivity contribution >= 4 is 28.7 Å². The topological polar surface area (TPSA) is 129 Å². The molecule has 0 spiro atoms. The fourth-order valence-corrected chi connectivity index (χ4v) is 4.46. The maximum atomic E-state index is 8.43. The van der Waals surface area contributed by atoms with Crippen LogP contribution in [0, 0.1) is 23.7 Å². The van der Waals surface area contributed by atoms with E-state index in [0.29, 0.717) is 54.3 Å². The number of piperidine rings is 1. The molecule has 3 aromatic heterocycles. The van der Waals surface area contributed by atoms with E-state index in [4.69, 9.17) is 20.5 Å². The number of rotatable bonds is 6. The summed E-state index contributed by atoms with van der Waals surface area (Å²) in [5.41, 5.74) is 3.32. The summed E-state index contributed by atoms with van der Waals surface area (Å²) in [4.78, 5) is 20.2. The summed E-state index contributed by atoms with van der Waals surface area (Å²) in [7, 11) is 1.61. The molecule has 3 N–H and O–H groups in total. The van der Waals surface area contributed by atoms with E-state index in [-0.39, 0.29) is 6.04 Å². The van der Waals surface area contributed by atoms with Gasteiger partial charge in [0.05, 0.1) is 7.11 Å². The fourth-order valence-electron chi connectivity index (χ4n) is 4.46. The van der Waals surface area contributed by atoms with Gasteiger partial charge < -0.3 is 19.5 Å². The molecular formula is C23H29N9O. The number of aromatic nitrogens is 5. The van der Waals surface area contributed by atoms with E-state index in [1.54, 1.807) is 19.6 Å². The van der Waals surface area contributed by atoms with Crippen LogP contribution in [0.5, 0.6) is 5.88 Å². The molecule has 1 unspecified atom stereocenters. The van der Waals surface area contributed by atoms with Crippen LogP contribution in [0.15, 0.2) is 18.6 Å². The van der Waals surface area contributed by atoms with Crippen LogP contribution in [0.25, 0.3) is 22.6 Å². The lowest BCUT2D eigenvalue weighted by molar-refractivity contribution is 0.394. The summed E-state index contributed by atoms with van der Waals surface area (Å²) >= 11 is 0. The number of nitrogens with one attached hydrogen (secondary N) is 3. The molecule has 2 fully saturated rings. The van der Waals surface area contributed by atoms with Crippen LogP contribution in [-0.4, -0.2) is 60.8 Å². The zero-order chi connectivity index (χ0) is 23.1. The predicted octanol–water partition coefficient (Wildman–Crippen LogP) is 3.47. The highest BCUT2D eigenvalue weighted by molar-refractivity contribution is 6.00. The standard InChI is InChI=1S/C23H29N9O/c1-4-31-21(15-9-13(2)23(33-3)26-10-15)30-18-20(27-12-28-22(18)31)29-16-7-8-17(24)32(11-16)19(25)14-5-6-14/h9-10,12,14,16,24-25H,4-8,11H2,1-3H3,(H,27,28,29). The summed E-state index contributed by atoms with van der Waals surface area (Å²) in [5, 5.41) is 20.3. The zero-order valence-corrected chi connectivity index (χ0v) is 19.2. The van der Waals surface area contributed by atoms with Crippen molar-refractivity contribution in [2.45, 2.75) is 52.1 Å². The first-order valence-electron chi connectivity index (χ1n) is 11.4. The molecule has 4 heterocycles. The maximum absolute atomic E-state index is 8.43. The van der Waals surface area contributed by atoms with E-state index in [0.717, 1.165) is 41.9 Å². The van der Waals surface area contributed by atoms with Crippen molar-refractivity contribution in [2.24, 2.45) is 5.92 Å². The first-order chi connectivity index (χ1) is 16.0. The summed E-state index contributed by atoms with van der Waals surface area (Å²) in [6.45, 7) is 5.34. The molecule has 5 rings (SSSR count). The molecule has 33 heavy (non-hydrogen) atoms. The molecule has 3 aromatic rings. The SMILES string of the molecule is CCn1c(-c2cnc(OC)c(C)c2)nc2c(NC3CCC(=N)N(C(=N)C4CC4)C3)ncnc21. The molecule has 1 atom stereocenters. The Hall–Kier alpha value is -3.56. The summed E-state index contributed by atoms with van der Waals surface area (Å²) < 4.78 is 7.37. The number of imidazole rings is 1. The van der Waals surface area contributed by atoms with Crippen molar-refractivity contribution in [3.05, 3.63) is 24.2 Å². The van der Waals surface area contributed by atoms with Crippen LogP contribution in [-0.2, 0) is 6.54 Å². The number of methoxy groups -OCH3 is 1. The number of hydrogen-bond acceptors (Lipinski definition) is 8. The Morgan fingerprint density at radius 2 is 2.06 bits per heavy atom. The molecule has 2 aliphatic rings. The van der Waals surface area contributed by atoms with Gasteiger partial charge in [-0.1, -0.05) is 0 Å². The van der Waals surface area contributed by atoms with Crippen LogP contribution in [0.3, 0.4) is 0 Å². The Labute approximate surface area is 192 Å². The Morgan fingerprint density at radius 3 is 2.76 bits per heavy atom. The molecule has 0 aromatic carbocycles. The minimum atomic E-state index is 0.0800. The van der Waals surface area contributed by atoms with Gasteiger partial charge in [-0.3, -0.25) is 10.8 Å². The third kappa shape index (κ3) is 3.90. The second kappa shape index (κ2) is 8.42. The molecule has 1 saturated carbocycles. The van der Waals surface area contributed by atoms with Gasteiger partial charge in [0, 0.05) is 48.8 Å². The summed E-state index contributed by atoms with van der Waals surface area (Å²) in [6, 6.07) is 2.10. The van der Waals surface area contributed by atoms with Crippen LogP contribution >= 0.6 is 0 Å². The van der Waals surface area contributed by atoms with Crippen molar-refractivity contribution in [3.63, 3.8) is 0 Å². The quantitative estimate of drug-likeness (QED) is 0.390. The average Bonchev–Trinajstić information content (AvgIpc) is 3.60. The van der Waals surface area contributed by atoms with Gasteiger partial charge in [0.25, 0.3) is 0 Å². The number of ether oxygens (including phenoxy) is 1. The van der Waals surface area contributed by atoms with E-state index in [9.17, 15) is 0 Å². The number of nitrogens with zero attached hydrogens (tertiary/aromatic N) is 6. The number of aryl methyl sites for hydroxylation is 2. The average molecular weight is 448 g/mol. The molecule has 1 aliphatic heterocycles. The predicted molar refractivity (Wildman–Crippen MR) is 127 cm³/mol. The minimum Gasteiger partial charge on any atom is -0.481 e. The Bertz CT molecular complexity index is 1230. The van der Waals surface area contributed by atoms with Crippen molar-refractivity contribution in [1.29, 1.82) is 10.8 Å². The van der Waals surface area contributed by atoms with Crippen molar-refractivity contribution in [2.75, 3.05) is 19.0 Å². The van der Waals surface area contributed by atoms with Crippen LogP contribution in [0.1, 0.15) is 38.2 Å². The number of fused-ring (bicyclic) bond motifs is 1. The first-order valence-corrected chi connectivity index (χ1v) is 11.4. The third-order valence-corrected chi connectivity index (χ3v) is 6.38. The summed E-state index contributed by atoms with van der Waals surface area (Å²) in [6.07, 6.45) is 6.92. The summed E-state index contributed by atoms with van der Waals surface area (Å²) in [5.74, 6) is 3.51. The molecular weight excluding hydrogens is 418 g/mol. The van der Waals surface area contributed by atoms with E-state index < -0.39 is 0 Å². The highest BCUT2D eigenvalue weighted by Crippen LogP contribution is 2.33. The van der Waals surface area contributed by atoms with E-state index in [2.05, 4.69) is 31.8 Å². The lowest BCUT2D eigenvalue weighted by Gasteiger charge is -2.35. The molecule has 10 nitrogen and oxygen atoms in total. The maximum Gasteiger partial charge on any atom is 0.215 e. The first kappa shape index (κ1) is 21.3. The van der Waals surface area contributed by atoms with Gasteiger partial charge in [-0.25, -0.2) is 19.9 Å². The van der Waals surface area contributed by atoms with Gasteiger partial charge in [-0.05, 0) is 39.2 Å². The highest BCUT2D eigenvalue weighted by atomic mass is 16.5. The van der Waals surface area contributed by atoms with Crippen LogP contribution in [0.2, 0.25) is 0 Å². The lowest BCUT2D eigenvalue weighted by Crippen LogP contribution is -2.48. The Morgan fingerprint density at radius 1 is 1.24 bits per heavy atom. The minimum absolute atomic E-state index is 0.0800. The van der Waals surface area contributed by atoms with Gasteiger partial charge in [0.2, 0.25) is 5.88 Å². The van der Waals surface area contributed by atoms with E-state index in [1.807, 2.05) is 17.9 Å². The zero-order valence-electron chi connectivity index (χ0n) is 19.2. The lowest BCUT2D eigenvalue weighted by atomic mass is 10.0. The Kier molecular flexibility index (Phi) is 5.43. The van der Waals surface area contributed by atoms with Gasteiger partial charge in [0.1, 0.15) is 23.8 Å². The highest BCUT2D eigenvalue weighted by Gasteiger charge is 2.35. The number of anilines is 1. The van der Waals surface area contributed by atoms with Crippen LogP contribution in [0.4, 0.5) is 5.82 Å². The van der Waals surface area contributed by atoms with Gasteiger partial charge >= 0.3 is 0 Å². The largest absolute Gasteiger partial charge is 0.481 e. The second-order valence-corrected chi connectivity index (χ2v) is 8.72.